The van der Waals surface area contributed by atoms with Crippen molar-refractivity contribution in [3.63, 3.8) is 0 Å². The lowest BCUT2D eigenvalue weighted by Crippen LogP contribution is -2.48. The molecule has 0 aromatic carbocycles. The number of hydrogen-bond donors (Lipinski definition) is 1. The molecule has 0 aliphatic heterocycles. The van der Waals surface area contributed by atoms with Gasteiger partial charge in [0.2, 0.25) is 5.91 Å². The molecule has 0 unspecified atom stereocenters. The maximum absolute atomic E-state index is 12.5. The molecule has 0 saturated heterocycles. The Hall–Kier alpha value is -1.59. The second-order valence-electron chi connectivity index (χ2n) is 4.30. The highest BCUT2D eigenvalue weighted by Crippen LogP contribution is 2.27. The number of carbonyl (C=O) groups excluding carboxylic acids is 1. The lowest BCUT2D eigenvalue weighted by Gasteiger charge is -2.34. The van der Waals surface area contributed by atoms with E-state index in [9.17, 15) is 4.79 Å². The van der Waals surface area contributed by atoms with Gasteiger partial charge < -0.3 is 10.6 Å². The van der Waals surface area contributed by atoms with Gasteiger partial charge in [0.25, 0.3) is 0 Å². The van der Waals surface area contributed by atoms with E-state index < -0.39 is 5.41 Å². The Morgan fingerprint density at radius 3 is 1.89 bits per heavy atom. The molecule has 100 valence electrons. The first-order valence-electron chi connectivity index (χ1n) is 6.35. The minimum absolute atomic E-state index is 0.0273. The monoisotopic (exact) mass is 250 g/mol. The summed E-state index contributed by atoms with van der Waals surface area (Å²) in [4.78, 5) is 14.1. The molecule has 0 aromatic heterocycles. The molecule has 5 nitrogen and oxygen atoms in total. The quantitative estimate of drug-likeness (QED) is 0.704. The molecule has 0 aliphatic rings. The number of nitrogens with zero attached hydrogens (tertiary/aromatic N) is 3. The minimum Gasteiger partial charge on any atom is -0.340 e. The molecule has 0 aromatic rings. The van der Waals surface area contributed by atoms with Crippen LogP contribution in [0.15, 0.2) is 0 Å². The standard InChI is InChI=1S/C13H22N4O/c1-3-13(4-2,11-16)12(18)17(9-5-7-14)10-6-8-15/h3-6,9-11,16H2,1-2H3. The smallest absolute Gasteiger partial charge is 0.230 e. The van der Waals surface area contributed by atoms with Crippen LogP contribution in [0.5, 0.6) is 0 Å². The Morgan fingerprint density at radius 1 is 1.17 bits per heavy atom. The first-order chi connectivity index (χ1) is 8.61. The van der Waals surface area contributed by atoms with Crippen LogP contribution in [0, 0.1) is 28.1 Å². The maximum Gasteiger partial charge on any atom is 0.230 e. The van der Waals surface area contributed by atoms with Gasteiger partial charge in [0.05, 0.1) is 30.4 Å². The van der Waals surface area contributed by atoms with Crippen molar-refractivity contribution in [1.29, 1.82) is 10.5 Å². The Balaban J connectivity index is 4.91. The average molecular weight is 250 g/mol. The van der Waals surface area contributed by atoms with Gasteiger partial charge in [0.1, 0.15) is 0 Å². The first-order valence-corrected chi connectivity index (χ1v) is 6.35. The summed E-state index contributed by atoms with van der Waals surface area (Å²) in [6, 6.07) is 4.05. The molecule has 0 fully saturated rings. The van der Waals surface area contributed by atoms with Crippen LogP contribution in [0.25, 0.3) is 0 Å². The summed E-state index contributed by atoms with van der Waals surface area (Å²) in [5.74, 6) is -0.0273. The van der Waals surface area contributed by atoms with Gasteiger partial charge in [-0.25, -0.2) is 0 Å². The van der Waals surface area contributed by atoms with Crippen molar-refractivity contribution in [3.8, 4) is 12.1 Å². The SMILES string of the molecule is CCC(CC)(CN)C(=O)N(CCC#N)CCC#N. The van der Waals surface area contributed by atoms with Gasteiger partial charge in [0.15, 0.2) is 0 Å². The number of carbonyl (C=O) groups is 1. The molecule has 5 heteroatoms. The van der Waals surface area contributed by atoms with Gasteiger partial charge in [-0.3, -0.25) is 4.79 Å². The van der Waals surface area contributed by atoms with E-state index in [1.165, 1.54) is 0 Å². The van der Waals surface area contributed by atoms with Crippen LogP contribution in [-0.2, 0) is 4.79 Å². The van der Waals surface area contributed by atoms with Crippen molar-refractivity contribution in [3.05, 3.63) is 0 Å². The zero-order valence-corrected chi connectivity index (χ0v) is 11.3. The zero-order chi connectivity index (χ0) is 14.0. The van der Waals surface area contributed by atoms with Crippen molar-refractivity contribution in [2.75, 3.05) is 19.6 Å². The zero-order valence-electron chi connectivity index (χ0n) is 11.3. The highest BCUT2D eigenvalue weighted by molar-refractivity contribution is 5.83. The number of rotatable bonds is 8. The van der Waals surface area contributed by atoms with E-state index in [-0.39, 0.29) is 18.7 Å². The number of nitriles is 2. The van der Waals surface area contributed by atoms with Gasteiger partial charge >= 0.3 is 0 Å². The Morgan fingerprint density at radius 2 is 1.61 bits per heavy atom. The van der Waals surface area contributed by atoms with Crippen LogP contribution in [0.3, 0.4) is 0 Å². The van der Waals surface area contributed by atoms with E-state index in [0.717, 1.165) is 0 Å². The highest BCUT2D eigenvalue weighted by Gasteiger charge is 2.36. The molecule has 0 heterocycles. The van der Waals surface area contributed by atoms with E-state index in [1.54, 1.807) is 4.90 Å². The predicted octanol–water partition coefficient (Wildman–Crippen LogP) is 1.41. The van der Waals surface area contributed by atoms with E-state index in [0.29, 0.717) is 32.5 Å². The highest BCUT2D eigenvalue weighted by atomic mass is 16.2. The third kappa shape index (κ3) is 4.01. The molecule has 0 rings (SSSR count). The lowest BCUT2D eigenvalue weighted by atomic mass is 9.81. The van der Waals surface area contributed by atoms with Crippen LogP contribution in [0.4, 0.5) is 0 Å². The summed E-state index contributed by atoms with van der Waals surface area (Å²) in [6.45, 7) is 4.94. The molecular weight excluding hydrogens is 228 g/mol. The Labute approximate surface area is 109 Å². The molecular formula is C13H22N4O. The van der Waals surface area contributed by atoms with Crippen LogP contribution in [0.2, 0.25) is 0 Å². The van der Waals surface area contributed by atoms with E-state index >= 15 is 0 Å². The molecule has 0 bridgehead atoms. The summed E-state index contributed by atoms with van der Waals surface area (Å²) >= 11 is 0. The topological polar surface area (TPSA) is 93.9 Å². The Bertz CT molecular complexity index is 310. The number of amides is 1. The average Bonchev–Trinajstić information content (AvgIpc) is 2.41. The van der Waals surface area contributed by atoms with Crippen molar-refractivity contribution in [1.82, 2.24) is 4.90 Å². The third-order valence-electron chi connectivity index (χ3n) is 3.47. The predicted molar refractivity (Wildman–Crippen MR) is 69.1 cm³/mol. The first kappa shape index (κ1) is 16.4. The summed E-state index contributed by atoms with van der Waals surface area (Å²) < 4.78 is 0. The van der Waals surface area contributed by atoms with Crippen molar-refractivity contribution in [2.24, 2.45) is 11.1 Å². The fourth-order valence-corrected chi connectivity index (χ4v) is 1.95. The number of nitrogens with two attached hydrogens (primary N) is 1. The van der Waals surface area contributed by atoms with Crippen LogP contribution in [0.1, 0.15) is 39.5 Å². The van der Waals surface area contributed by atoms with Crippen LogP contribution >= 0.6 is 0 Å². The second-order valence-corrected chi connectivity index (χ2v) is 4.30. The lowest BCUT2D eigenvalue weighted by molar-refractivity contribution is -0.142. The van der Waals surface area contributed by atoms with Crippen molar-refractivity contribution in [2.45, 2.75) is 39.5 Å². The fraction of sp³-hybridized carbons (Fsp3) is 0.769. The molecule has 2 N–H and O–H groups in total. The molecule has 0 spiro atoms. The van der Waals surface area contributed by atoms with E-state index in [4.69, 9.17) is 16.3 Å². The van der Waals surface area contributed by atoms with Gasteiger partial charge in [-0.05, 0) is 12.8 Å². The van der Waals surface area contributed by atoms with Gasteiger partial charge in [-0.1, -0.05) is 13.8 Å². The molecule has 0 saturated carbocycles. The Kier molecular flexibility index (Phi) is 7.74. The van der Waals surface area contributed by atoms with Gasteiger partial charge in [-0.15, -0.1) is 0 Å². The third-order valence-corrected chi connectivity index (χ3v) is 3.47. The van der Waals surface area contributed by atoms with Crippen LogP contribution in [-0.4, -0.2) is 30.4 Å². The summed E-state index contributed by atoms with van der Waals surface area (Å²) in [5, 5.41) is 17.2. The summed E-state index contributed by atoms with van der Waals surface area (Å²) in [7, 11) is 0. The molecule has 0 aliphatic carbocycles. The molecule has 0 atom stereocenters. The number of hydrogen-bond acceptors (Lipinski definition) is 4. The molecule has 18 heavy (non-hydrogen) atoms. The normalized spacial score (nSPS) is 10.5. The van der Waals surface area contributed by atoms with Gasteiger partial charge in [0, 0.05) is 19.6 Å². The maximum atomic E-state index is 12.5. The second kappa shape index (κ2) is 8.49. The van der Waals surface area contributed by atoms with Crippen molar-refractivity contribution < 1.29 is 4.79 Å². The fourth-order valence-electron chi connectivity index (χ4n) is 1.95. The molecule has 0 radical (unpaired) electrons. The summed E-state index contributed by atoms with van der Waals surface area (Å²) in [5.41, 5.74) is 5.20. The largest absolute Gasteiger partial charge is 0.340 e. The van der Waals surface area contributed by atoms with E-state index in [1.807, 2.05) is 26.0 Å². The minimum atomic E-state index is -0.551. The molecule has 1 amide bonds. The summed E-state index contributed by atoms with van der Waals surface area (Å²) in [6.07, 6.45) is 1.92. The van der Waals surface area contributed by atoms with E-state index in [2.05, 4.69) is 0 Å². The van der Waals surface area contributed by atoms with Gasteiger partial charge in [-0.2, -0.15) is 10.5 Å². The van der Waals surface area contributed by atoms with Crippen LogP contribution < -0.4 is 5.73 Å². The van der Waals surface area contributed by atoms with Crippen molar-refractivity contribution >= 4 is 5.91 Å².